The molecule has 1 aromatic rings. The van der Waals surface area contributed by atoms with Crippen LogP contribution >= 0.6 is 0 Å². The maximum absolute atomic E-state index is 12.1. The third kappa shape index (κ3) is 1.69. The number of fused-ring (bicyclic) bond motifs is 2. The van der Waals surface area contributed by atoms with Gasteiger partial charge in [0.15, 0.2) is 5.76 Å². The standard InChI is InChI=1S/C17H17NO3/c1-21-16-8-17-7-12(18-9-11(17)6-15(16)20)4-10-5-13(19)2-3-14(10)17/h2-3,5-6,8,12,18-19H,4,7,9H2,1H3. The average molecular weight is 283 g/mol. The zero-order chi connectivity index (χ0) is 14.6. The van der Waals surface area contributed by atoms with E-state index in [1.54, 1.807) is 19.3 Å². The van der Waals surface area contributed by atoms with Crippen LogP contribution in [-0.2, 0) is 21.4 Å². The van der Waals surface area contributed by atoms with Crippen LogP contribution in [0.25, 0.3) is 0 Å². The fourth-order valence-corrected chi connectivity index (χ4v) is 3.97. The summed E-state index contributed by atoms with van der Waals surface area (Å²) in [5.74, 6) is 0.642. The van der Waals surface area contributed by atoms with E-state index in [0.717, 1.165) is 30.5 Å². The number of phenolic OH excluding ortho intramolecular Hbond substituents is 1. The lowest BCUT2D eigenvalue weighted by molar-refractivity contribution is -0.114. The van der Waals surface area contributed by atoms with Gasteiger partial charge in [0.25, 0.3) is 0 Å². The number of ketones is 1. The lowest BCUT2D eigenvalue weighted by Gasteiger charge is -2.48. The number of rotatable bonds is 1. The Balaban J connectivity index is 1.97. The second-order valence-corrected chi connectivity index (χ2v) is 6.05. The molecule has 2 aliphatic carbocycles. The molecule has 1 saturated heterocycles. The molecule has 1 aliphatic heterocycles. The van der Waals surface area contributed by atoms with Crippen molar-refractivity contribution in [2.24, 2.45) is 0 Å². The summed E-state index contributed by atoms with van der Waals surface area (Å²) >= 11 is 0. The Morgan fingerprint density at radius 2 is 2.29 bits per heavy atom. The van der Waals surface area contributed by atoms with Crippen molar-refractivity contribution in [3.63, 3.8) is 0 Å². The van der Waals surface area contributed by atoms with Crippen LogP contribution in [0.3, 0.4) is 0 Å². The summed E-state index contributed by atoms with van der Waals surface area (Å²) in [6, 6.07) is 5.91. The molecule has 1 spiro atoms. The Morgan fingerprint density at radius 1 is 1.43 bits per heavy atom. The molecule has 2 atom stereocenters. The molecule has 0 amide bonds. The number of allylic oxidation sites excluding steroid dienone is 2. The number of benzene rings is 1. The van der Waals surface area contributed by atoms with Crippen molar-refractivity contribution < 1.29 is 14.6 Å². The van der Waals surface area contributed by atoms with Crippen molar-refractivity contribution in [3.05, 3.63) is 52.8 Å². The van der Waals surface area contributed by atoms with Gasteiger partial charge in [-0.2, -0.15) is 0 Å². The third-order valence-corrected chi connectivity index (χ3v) is 4.90. The van der Waals surface area contributed by atoms with Crippen LogP contribution < -0.4 is 5.32 Å². The molecular weight excluding hydrogens is 266 g/mol. The van der Waals surface area contributed by atoms with E-state index < -0.39 is 0 Å². The van der Waals surface area contributed by atoms with Crippen molar-refractivity contribution in [1.82, 2.24) is 5.32 Å². The zero-order valence-corrected chi connectivity index (χ0v) is 11.8. The second-order valence-electron chi connectivity index (χ2n) is 6.05. The molecule has 1 heterocycles. The van der Waals surface area contributed by atoms with Gasteiger partial charge in [-0.15, -0.1) is 0 Å². The third-order valence-electron chi connectivity index (χ3n) is 4.90. The molecule has 2 unspecified atom stereocenters. The minimum Gasteiger partial charge on any atom is -0.508 e. The summed E-state index contributed by atoms with van der Waals surface area (Å²) in [7, 11) is 1.54. The van der Waals surface area contributed by atoms with Crippen molar-refractivity contribution in [2.75, 3.05) is 13.7 Å². The van der Waals surface area contributed by atoms with Crippen molar-refractivity contribution in [2.45, 2.75) is 24.3 Å². The summed E-state index contributed by atoms with van der Waals surface area (Å²) in [6.45, 7) is 0.726. The predicted molar refractivity (Wildman–Crippen MR) is 78.1 cm³/mol. The first-order valence-corrected chi connectivity index (χ1v) is 7.20. The molecule has 0 radical (unpaired) electrons. The van der Waals surface area contributed by atoms with E-state index in [0.29, 0.717) is 17.6 Å². The summed E-state index contributed by atoms with van der Waals surface area (Å²) < 4.78 is 5.27. The number of methoxy groups -OCH3 is 1. The molecular formula is C17H17NO3. The zero-order valence-electron chi connectivity index (χ0n) is 11.8. The first kappa shape index (κ1) is 12.7. The Labute approximate surface area is 123 Å². The molecule has 2 N–H and O–H groups in total. The van der Waals surface area contributed by atoms with Gasteiger partial charge >= 0.3 is 0 Å². The molecule has 3 aliphatic rings. The van der Waals surface area contributed by atoms with E-state index in [9.17, 15) is 9.90 Å². The van der Waals surface area contributed by atoms with E-state index >= 15 is 0 Å². The fourth-order valence-electron chi connectivity index (χ4n) is 3.97. The van der Waals surface area contributed by atoms with Gasteiger partial charge in [0.05, 0.1) is 7.11 Å². The van der Waals surface area contributed by atoms with Gasteiger partial charge in [0.1, 0.15) is 5.75 Å². The highest BCUT2D eigenvalue weighted by Crippen LogP contribution is 2.49. The van der Waals surface area contributed by atoms with Gasteiger partial charge in [-0.1, -0.05) is 6.07 Å². The number of hydrogen-bond acceptors (Lipinski definition) is 4. The van der Waals surface area contributed by atoms with Crippen LogP contribution in [0.1, 0.15) is 17.5 Å². The molecule has 21 heavy (non-hydrogen) atoms. The van der Waals surface area contributed by atoms with E-state index in [1.807, 2.05) is 18.2 Å². The van der Waals surface area contributed by atoms with Crippen LogP contribution in [0.5, 0.6) is 5.75 Å². The predicted octanol–water partition coefficient (Wildman–Crippen LogP) is 1.59. The Kier molecular flexibility index (Phi) is 2.54. The highest BCUT2D eigenvalue weighted by molar-refractivity contribution is 6.05. The summed E-state index contributed by atoms with van der Waals surface area (Å²) in [5, 5.41) is 13.2. The lowest BCUT2D eigenvalue weighted by atomic mass is 9.60. The quantitative estimate of drug-likeness (QED) is 0.821. The molecule has 0 saturated carbocycles. The molecule has 4 nitrogen and oxygen atoms in total. The largest absolute Gasteiger partial charge is 0.508 e. The minimum absolute atomic E-state index is 0.0655. The highest BCUT2D eigenvalue weighted by atomic mass is 16.5. The normalized spacial score (nSPS) is 30.0. The van der Waals surface area contributed by atoms with Crippen LogP contribution in [0.2, 0.25) is 0 Å². The average Bonchev–Trinajstić information content (AvgIpc) is 2.47. The molecule has 2 bridgehead atoms. The van der Waals surface area contributed by atoms with Gasteiger partial charge in [0.2, 0.25) is 5.78 Å². The number of piperidine rings is 1. The minimum atomic E-state index is -0.267. The number of aromatic hydroxyl groups is 1. The molecule has 108 valence electrons. The second kappa shape index (κ2) is 4.21. The molecule has 4 rings (SSSR count). The van der Waals surface area contributed by atoms with Crippen molar-refractivity contribution in [3.8, 4) is 5.75 Å². The first-order valence-electron chi connectivity index (χ1n) is 7.20. The summed E-state index contributed by atoms with van der Waals surface area (Å²) in [4.78, 5) is 12.1. The van der Waals surface area contributed by atoms with Gasteiger partial charge in [-0.25, -0.2) is 0 Å². The molecule has 1 aromatic carbocycles. The first-order chi connectivity index (χ1) is 10.1. The van der Waals surface area contributed by atoms with Crippen LogP contribution in [0.4, 0.5) is 0 Å². The SMILES string of the molecule is COC1=CC23CC(Cc4cc(O)ccc42)NCC3=CC1=O. The van der Waals surface area contributed by atoms with Crippen LogP contribution in [-0.4, -0.2) is 30.6 Å². The number of hydrogen-bond donors (Lipinski definition) is 2. The van der Waals surface area contributed by atoms with Crippen LogP contribution in [0, 0.1) is 0 Å². The lowest BCUT2D eigenvalue weighted by Crippen LogP contribution is -2.53. The topological polar surface area (TPSA) is 58.6 Å². The van der Waals surface area contributed by atoms with Gasteiger partial charge < -0.3 is 15.2 Å². The maximum atomic E-state index is 12.1. The Morgan fingerprint density at radius 3 is 3.10 bits per heavy atom. The number of nitrogens with one attached hydrogen (secondary N) is 1. The van der Waals surface area contributed by atoms with Gasteiger partial charge in [0, 0.05) is 18.0 Å². The molecule has 0 aromatic heterocycles. The highest BCUT2D eigenvalue weighted by Gasteiger charge is 2.47. The van der Waals surface area contributed by atoms with Crippen molar-refractivity contribution in [1.29, 1.82) is 0 Å². The molecule has 1 fully saturated rings. The monoisotopic (exact) mass is 283 g/mol. The summed E-state index contributed by atoms with van der Waals surface area (Å²) in [6.07, 6.45) is 5.52. The Hall–Kier alpha value is -2.07. The molecule has 4 heteroatoms. The van der Waals surface area contributed by atoms with E-state index in [1.165, 1.54) is 5.56 Å². The van der Waals surface area contributed by atoms with Crippen LogP contribution in [0.15, 0.2) is 41.7 Å². The number of ether oxygens (including phenoxy) is 1. The summed E-state index contributed by atoms with van der Waals surface area (Å²) in [5.41, 5.74) is 3.16. The van der Waals surface area contributed by atoms with Crippen molar-refractivity contribution >= 4 is 5.78 Å². The fraction of sp³-hybridized carbons (Fsp3) is 0.353. The number of carbonyl (C=O) groups excluding carboxylic acids is 1. The smallest absolute Gasteiger partial charge is 0.220 e. The van der Waals surface area contributed by atoms with Gasteiger partial charge in [-0.3, -0.25) is 4.79 Å². The Bertz CT molecular complexity index is 704. The number of carbonyl (C=O) groups is 1. The number of phenols is 1. The van der Waals surface area contributed by atoms with E-state index in [4.69, 9.17) is 4.74 Å². The maximum Gasteiger partial charge on any atom is 0.220 e. The van der Waals surface area contributed by atoms with E-state index in [2.05, 4.69) is 5.32 Å². The van der Waals surface area contributed by atoms with E-state index in [-0.39, 0.29) is 11.2 Å². The van der Waals surface area contributed by atoms with Gasteiger partial charge in [-0.05, 0) is 53.8 Å².